The van der Waals surface area contributed by atoms with Gasteiger partial charge in [-0.2, -0.15) is 15.0 Å². The minimum Gasteiger partial charge on any atom is -0.367 e. The van der Waals surface area contributed by atoms with Gasteiger partial charge < -0.3 is 14.2 Å². The van der Waals surface area contributed by atoms with Crippen LogP contribution in [0.25, 0.3) is 0 Å². The van der Waals surface area contributed by atoms with Crippen LogP contribution in [0.2, 0.25) is 0 Å². The molecule has 3 unspecified atom stereocenters. The third-order valence-electron chi connectivity index (χ3n) is 3.94. The molecular weight excluding hydrogens is 438 g/mol. The van der Waals surface area contributed by atoms with Crippen molar-refractivity contribution in [3.05, 3.63) is 0 Å². The second-order valence-corrected chi connectivity index (χ2v) is 10.7. The number of rotatable bonds is 18. The van der Waals surface area contributed by atoms with Crippen LogP contribution in [-0.4, -0.2) is 51.1 Å². The summed E-state index contributed by atoms with van der Waals surface area (Å²) in [6.45, 7) is 14.9. The van der Waals surface area contributed by atoms with Crippen molar-refractivity contribution in [1.82, 2.24) is 15.0 Å². The zero-order valence-corrected chi connectivity index (χ0v) is 21.8. The van der Waals surface area contributed by atoms with E-state index >= 15 is 0 Å². The summed E-state index contributed by atoms with van der Waals surface area (Å²) >= 11 is 4.58. The van der Waals surface area contributed by atoms with Crippen LogP contribution in [0, 0.1) is 0 Å². The molecule has 0 fully saturated rings. The van der Waals surface area contributed by atoms with Crippen molar-refractivity contribution < 1.29 is 14.2 Å². The lowest BCUT2D eigenvalue weighted by molar-refractivity contribution is 0.120. The fourth-order valence-electron chi connectivity index (χ4n) is 2.21. The molecule has 0 spiro atoms. The van der Waals surface area contributed by atoms with Crippen molar-refractivity contribution in [2.45, 2.75) is 112 Å². The number of hydrogen-bond donors (Lipinski definition) is 0. The molecule has 1 aromatic heterocycles. The van der Waals surface area contributed by atoms with Gasteiger partial charge in [-0.3, -0.25) is 0 Å². The lowest BCUT2D eigenvalue weighted by Gasteiger charge is -2.15. The Labute approximate surface area is 195 Å². The molecule has 3 atom stereocenters. The Hall–Kier alpha value is -0.0600. The summed E-state index contributed by atoms with van der Waals surface area (Å²) in [5.74, 6) is 0. The normalized spacial score (nSPS) is 14.6. The minimum atomic E-state index is -0.00824. The molecule has 174 valence electrons. The third-order valence-corrected chi connectivity index (χ3v) is 6.52. The van der Waals surface area contributed by atoms with E-state index in [1.165, 1.54) is 35.3 Å². The first-order valence-corrected chi connectivity index (χ1v) is 13.7. The highest BCUT2D eigenvalue weighted by Crippen LogP contribution is 2.29. The topological polar surface area (TPSA) is 66.4 Å². The maximum Gasteiger partial charge on any atom is 0.195 e. The third kappa shape index (κ3) is 13.4. The number of thioether (sulfide) groups is 3. The summed E-state index contributed by atoms with van der Waals surface area (Å²) in [5, 5.41) is 2.04. The van der Waals surface area contributed by atoms with Crippen molar-refractivity contribution in [1.29, 1.82) is 0 Å². The van der Waals surface area contributed by atoms with Crippen LogP contribution in [0.15, 0.2) is 15.5 Å². The van der Waals surface area contributed by atoms with Crippen molar-refractivity contribution in [3.63, 3.8) is 0 Å². The predicted octanol–water partition coefficient (Wildman–Crippen LogP) is 6.64. The SMILES string of the molecule is CCCCOC(C)Sc1nc(SC(C)OCCCC)nc(SC(C)OCCCC)n1. The molecule has 0 bridgehead atoms. The predicted molar refractivity (Wildman–Crippen MR) is 128 cm³/mol. The monoisotopic (exact) mass is 477 g/mol. The Morgan fingerprint density at radius 3 is 1.07 bits per heavy atom. The standard InChI is InChI=1S/C21H39N3O3S3/c1-7-10-13-25-16(4)28-19-22-20(29-17(5)26-14-11-8-2)24-21(23-19)30-18(6)27-15-12-9-3/h16-18H,7-15H2,1-6H3. The molecule has 6 nitrogen and oxygen atoms in total. The smallest absolute Gasteiger partial charge is 0.195 e. The highest BCUT2D eigenvalue weighted by atomic mass is 32.2. The molecule has 0 amide bonds. The van der Waals surface area contributed by atoms with Crippen molar-refractivity contribution in [2.24, 2.45) is 0 Å². The van der Waals surface area contributed by atoms with Crippen LogP contribution in [-0.2, 0) is 14.2 Å². The van der Waals surface area contributed by atoms with Crippen LogP contribution < -0.4 is 0 Å². The Morgan fingerprint density at radius 1 is 0.567 bits per heavy atom. The quantitative estimate of drug-likeness (QED) is 0.131. The van der Waals surface area contributed by atoms with Gasteiger partial charge in [-0.05, 0) is 40.0 Å². The minimum absolute atomic E-state index is 0.00824. The lowest BCUT2D eigenvalue weighted by Crippen LogP contribution is -2.10. The zero-order chi connectivity index (χ0) is 22.2. The Bertz CT molecular complexity index is 481. The van der Waals surface area contributed by atoms with E-state index in [2.05, 4.69) is 35.7 Å². The summed E-state index contributed by atoms with van der Waals surface area (Å²) in [6.07, 6.45) is 6.54. The fraction of sp³-hybridized carbons (Fsp3) is 0.857. The molecule has 0 saturated heterocycles. The molecule has 1 aromatic rings. The van der Waals surface area contributed by atoms with Gasteiger partial charge in [0.25, 0.3) is 0 Å². The van der Waals surface area contributed by atoms with E-state index in [0.717, 1.165) is 58.3 Å². The molecule has 0 aliphatic rings. The number of ether oxygens (including phenoxy) is 3. The fourth-order valence-corrected chi connectivity index (χ4v) is 4.60. The molecule has 1 heterocycles. The van der Waals surface area contributed by atoms with Crippen LogP contribution in [0.4, 0.5) is 0 Å². The molecule has 30 heavy (non-hydrogen) atoms. The van der Waals surface area contributed by atoms with Crippen LogP contribution in [0.5, 0.6) is 0 Å². The molecule has 0 radical (unpaired) electrons. The van der Waals surface area contributed by atoms with Crippen molar-refractivity contribution in [3.8, 4) is 0 Å². The molecule has 0 N–H and O–H groups in total. The Kier molecular flexibility index (Phi) is 16.3. The van der Waals surface area contributed by atoms with Crippen molar-refractivity contribution in [2.75, 3.05) is 19.8 Å². The van der Waals surface area contributed by atoms with E-state index < -0.39 is 0 Å². The van der Waals surface area contributed by atoms with E-state index in [0.29, 0.717) is 15.5 Å². The second-order valence-electron chi connectivity index (χ2n) is 6.91. The molecule has 0 aliphatic carbocycles. The largest absolute Gasteiger partial charge is 0.367 e. The highest BCUT2D eigenvalue weighted by molar-refractivity contribution is 8.00. The Balaban J connectivity index is 2.80. The molecule has 0 saturated carbocycles. The van der Waals surface area contributed by atoms with Gasteiger partial charge in [-0.15, -0.1) is 0 Å². The molecule has 1 rings (SSSR count). The van der Waals surface area contributed by atoms with Gasteiger partial charge in [0.2, 0.25) is 0 Å². The van der Waals surface area contributed by atoms with E-state index in [-0.39, 0.29) is 16.3 Å². The first-order chi connectivity index (χ1) is 14.5. The van der Waals surface area contributed by atoms with Crippen LogP contribution >= 0.6 is 35.3 Å². The Morgan fingerprint density at radius 2 is 0.833 bits per heavy atom. The first kappa shape index (κ1) is 28.0. The number of aromatic nitrogens is 3. The summed E-state index contributed by atoms with van der Waals surface area (Å²) in [7, 11) is 0. The van der Waals surface area contributed by atoms with E-state index in [1.54, 1.807) is 0 Å². The molecule has 0 aromatic carbocycles. The molecule has 9 heteroatoms. The number of unbranched alkanes of at least 4 members (excludes halogenated alkanes) is 3. The van der Waals surface area contributed by atoms with Gasteiger partial charge in [-0.25, -0.2) is 0 Å². The van der Waals surface area contributed by atoms with Gasteiger partial charge in [0.1, 0.15) is 16.3 Å². The lowest BCUT2D eigenvalue weighted by atomic mass is 10.4. The average Bonchev–Trinajstić information content (AvgIpc) is 2.68. The van der Waals surface area contributed by atoms with Gasteiger partial charge in [0, 0.05) is 19.8 Å². The van der Waals surface area contributed by atoms with Crippen LogP contribution in [0.1, 0.15) is 80.1 Å². The highest BCUT2D eigenvalue weighted by Gasteiger charge is 2.16. The summed E-state index contributed by atoms with van der Waals surface area (Å²) < 4.78 is 17.6. The maximum absolute atomic E-state index is 5.86. The van der Waals surface area contributed by atoms with E-state index in [9.17, 15) is 0 Å². The van der Waals surface area contributed by atoms with Gasteiger partial charge in [-0.1, -0.05) is 75.3 Å². The summed E-state index contributed by atoms with van der Waals surface area (Å²) in [6, 6.07) is 0. The zero-order valence-electron chi connectivity index (χ0n) is 19.4. The maximum atomic E-state index is 5.86. The van der Waals surface area contributed by atoms with E-state index in [4.69, 9.17) is 14.2 Å². The number of hydrogen-bond acceptors (Lipinski definition) is 9. The average molecular weight is 478 g/mol. The first-order valence-electron chi connectivity index (χ1n) is 11.1. The van der Waals surface area contributed by atoms with Gasteiger partial charge >= 0.3 is 0 Å². The van der Waals surface area contributed by atoms with Gasteiger partial charge in [0.05, 0.1) is 0 Å². The summed E-state index contributed by atoms with van der Waals surface area (Å²) in [4.78, 5) is 13.9. The van der Waals surface area contributed by atoms with Gasteiger partial charge in [0.15, 0.2) is 15.5 Å². The molecular formula is C21H39N3O3S3. The van der Waals surface area contributed by atoms with E-state index in [1.807, 2.05) is 20.8 Å². The summed E-state index contributed by atoms with van der Waals surface area (Å²) in [5.41, 5.74) is -0.0247. The van der Waals surface area contributed by atoms with Crippen LogP contribution in [0.3, 0.4) is 0 Å². The second kappa shape index (κ2) is 17.5. The number of nitrogens with zero attached hydrogens (tertiary/aromatic N) is 3. The van der Waals surface area contributed by atoms with Crippen molar-refractivity contribution >= 4 is 35.3 Å². The molecule has 0 aliphatic heterocycles.